The zero-order valence-corrected chi connectivity index (χ0v) is 10.3. The van der Waals surface area contributed by atoms with E-state index in [1.807, 2.05) is 5.43 Å². The second-order valence-electron chi connectivity index (χ2n) is 3.14. The van der Waals surface area contributed by atoms with Gasteiger partial charge in [0.05, 0.1) is 6.61 Å². The number of halogens is 1. The Morgan fingerprint density at radius 2 is 2.00 bits per heavy atom. The van der Waals surface area contributed by atoms with E-state index in [1.165, 1.54) is 12.1 Å². The van der Waals surface area contributed by atoms with Gasteiger partial charge in [-0.1, -0.05) is 17.7 Å². The maximum Gasteiger partial charge on any atom is 0.398 e. The molecule has 0 aromatic heterocycles. The minimum atomic E-state index is -1.07. The van der Waals surface area contributed by atoms with Gasteiger partial charge < -0.3 is 4.74 Å². The van der Waals surface area contributed by atoms with E-state index < -0.39 is 17.8 Å². The van der Waals surface area contributed by atoms with Crippen molar-refractivity contribution in [2.45, 2.75) is 6.92 Å². The average Bonchev–Trinajstić information content (AvgIpc) is 2.35. The van der Waals surface area contributed by atoms with E-state index in [1.54, 1.807) is 19.1 Å². The lowest BCUT2D eigenvalue weighted by molar-refractivity contribution is -0.154. The van der Waals surface area contributed by atoms with Crippen molar-refractivity contribution in [2.24, 2.45) is 0 Å². The Labute approximate surface area is 108 Å². The first-order chi connectivity index (χ1) is 8.54. The quantitative estimate of drug-likeness (QED) is 0.470. The van der Waals surface area contributed by atoms with Crippen LogP contribution in [0.15, 0.2) is 24.3 Å². The summed E-state index contributed by atoms with van der Waals surface area (Å²) in [7, 11) is 0. The number of hydrogen-bond donors (Lipinski definition) is 2. The van der Waals surface area contributed by atoms with Gasteiger partial charge in [0.25, 0.3) is 5.91 Å². The molecule has 2 amide bonds. The zero-order valence-electron chi connectivity index (χ0n) is 9.53. The van der Waals surface area contributed by atoms with Crippen molar-refractivity contribution in [1.29, 1.82) is 0 Å². The highest BCUT2D eigenvalue weighted by Crippen LogP contribution is 2.09. The molecule has 0 radical (unpaired) electrons. The van der Waals surface area contributed by atoms with Crippen LogP contribution in [0.5, 0.6) is 0 Å². The number of rotatable bonds is 2. The molecule has 18 heavy (non-hydrogen) atoms. The first-order valence-corrected chi connectivity index (χ1v) is 5.45. The Bertz CT molecular complexity index is 476. The molecule has 0 spiro atoms. The van der Waals surface area contributed by atoms with Gasteiger partial charge >= 0.3 is 11.9 Å². The van der Waals surface area contributed by atoms with Crippen LogP contribution < -0.4 is 10.9 Å². The molecule has 1 rings (SSSR count). The summed E-state index contributed by atoms with van der Waals surface area (Å²) in [5, 5.41) is 0.388. The Balaban J connectivity index is 2.51. The van der Waals surface area contributed by atoms with Gasteiger partial charge in [0, 0.05) is 10.6 Å². The smallest absolute Gasteiger partial charge is 0.398 e. The number of carbonyl (C=O) groups is 3. The van der Waals surface area contributed by atoms with Gasteiger partial charge in [-0.05, 0) is 25.1 Å². The molecule has 1 aromatic carbocycles. The lowest BCUT2D eigenvalue weighted by atomic mass is 10.2. The van der Waals surface area contributed by atoms with Crippen molar-refractivity contribution in [1.82, 2.24) is 10.9 Å². The topological polar surface area (TPSA) is 84.5 Å². The zero-order chi connectivity index (χ0) is 13.5. The van der Waals surface area contributed by atoms with Crippen molar-refractivity contribution in [3.63, 3.8) is 0 Å². The number of ether oxygens (including phenoxy) is 1. The lowest BCUT2D eigenvalue weighted by Crippen LogP contribution is -2.45. The largest absolute Gasteiger partial charge is 0.459 e. The van der Waals surface area contributed by atoms with Gasteiger partial charge in [0.1, 0.15) is 0 Å². The first-order valence-electron chi connectivity index (χ1n) is 5.07. The fourth-order valence-corrected chi connectivity index (χ4v) is 1.25. The third-order valence-electron chi connectivity index (χ3n) is 1.84. The molecule has 1 aromatic rings. The molecule has 2 N–H and O–H groups in total. The molecule has 0 heterocycles. The highest BCUT2D eigenvalue weighted by Gasteiger charge is 2.15. The average molecular weight is 271 g/mol. The van der Waals surface area contributed by atoms with Crippen molar-refractivity contribution < 1.29 is 19.1 Å². The summed E-state index contributed by atoms with van der Waals surface area (Å²) in [6.45, 7) is 1.64. The van der Waals surface area contributed by atoms with Gasteiger partial charge in [0.15, 0.2) is 0 Å². The molecule has 0 aliphatic carbocycles. The molecule has 6 nitrogen and oxygen atoms in total. The van der Waals surface area contributed by atoms with E-state index in [-0.39, 0.29) is 12.2 Å². The molecule has 0 saturated carbocycles. The molecule has 0 aliphatic heterocycles. The van der Waals surface area contributed by atoms with E-state index in [2.05, 4.69) is 10.2 Å². The predicted octanol–water partition coefficient (Wildman–Crippen LogP) is 0.664. The van der Waals surface area contributed by atoms with Crippen LogP contribution in [0, 0.1) is 0 Å². The van der Waals surface area contributed by atoms with Crippen LogP contribution in [0.2, 0.25) is 5.02 Å². The number of hydrazine groups is 1. The first kappa shape index (κ1) is 14.0. The van der Waals surface area contributed by atoms with Crippen LogP contribution in [0.3, 0.4) is 0 Å². The van der Waals surface area contributed by atoms with Gasteiger partial charge in [0.2, 0.25) is 0 Å². The molecule has 0 bridgehead atoms. The highest BCUT2D eigenvalue weighted by atomic mass is 35.5. The van der Waals surface area contributed by atoms with Crippen LogP contribution in [0.1, 0.15) is 17.3 Å². The highest BCUT2D eigenvalue weighted by molar-refractivity contribution is 6.32. The Morgan fingerprint density at radius 3 is 2.61 bits per heavy atom. The van der Waals surface area contributed by atoms with Crippen LogP contribution in [0.4, 0.5) is 0 Å². The monoisotopic (exact) mass is 270 g/mol. The molecular formula is C11H11ClN2O4. The van der Waals surface area contributed by atoms with Crippen LogP contribution in [0.25, 0.3) is 0 Å². The third kappa shape index (κ3) is 4.06. The van der Waals surface area contributed by atoms with Gasteiger partial charge in [-0.2, -0.15) is 0 Å². The normalized spacial score (nSPS) is 9.44. The summed E-state index contributed by atoms with van der Waals surface area (Å²) in [5.41, 5.74) is 4.25. The maximum atomic E-state index is 11.5. The van der Waals surface area contributed by atoms with Crippen LogP contribution >= 0.6 is 11.6 Å². The fraction of sp³-hybridized carbons (Fsp3) is 0.182. The summed E-state index contributed by atoms with van der Waals surface area (Å²) in [4.78, 5) is 33.6. The van der Waals surface area contributed by atoms with E-state index in [4.69, 9.17) is 11.6 Å². The standard InChI is InChI=1S/C11H11ClN2O4/c1-2-18-11(17)10(16)14-13-9(15)7-4-3-5-8(12)6-7/h3-6H,2H2,1H3,(H,13,15)(H,14,16). The summed E-state index contributed by atoms with van der Waals surface area (Å²) in [6, 6.07) is 6.13. The molecule has 0 unspecified atom stereocenters. The summed E-state index contributed by atoms with van der Waals surface area (Å²) in [5.74, 6) is -2.70. The van der Waals surface area contributed by atoms with Gasteiger partial charge in [-0.25, -0.2) is 4.79 Å². The Kier molecular flexibility index (Phi) is 5.13. The molecular weight excluding hydrogens is 260 g/mol. The minimum Gasteiger partial charge on any atom is -0.459 e. The lowest BCUT2D eigenvalue weighted by Gasteiger charge is -2.06. The van der Waals surface area contributed by atoms with E-state index in [0.29, 0.717) is 5.02 Å². The maximum absolute atomic E-state index is 11.5. The summed E-state index contributed by atoms with van der Waals surface area (Å²) < 4.78 is 4.44. The Morgan fingerprint density at radius 1 is 1.28 bits per heavy atom. The van der Waals surface area contributed by atoms with Crippen LogP contribution in [-0.2, 0) is 14.3 Å². The summed E-state index contributed by atoms with van der Waals surface area (Å²) in [6.07, 6.45) is 0. The van der Waals surface area contributed by atoms with E-state index in [9.17, 15) is 14.4 Å². The number of carbonyl (C=O) groups excluding carboxylic acids is 3. The predicted molar refractivity (Wildman–Crippen MR) is 63.7 cm³/mol. The number of amides is 2. The number of esters is 1. The molecule has 7 heteroatoms. The summed E-state index contributed by atoms with van der Waals surface area (Å²) >= 11 is 5.70. The molecule has 96 valence electrons. The van der Waals surface area contributed by atoms with Crippen molar-refractivity contribution >= 4 is 29.4 Å². The van der Waals surface area contributed by atoms with E-state index >= 15 is 0 Å². The second kappa shape index (κ2) is 6.61. The Hall–Kier alpha value is -2.08. The number of hydrogen-bond acceptors (Lipinski definition) is 4. The van der Waals surface area contributed by atoms with E-state index in [0.717, 1.165) is 0 Å². The molecule has 0 atom stereocenters. The molecule has 0 fully saturated rings. The molecule has 0 aliphatic rings. The van der Waals surface area contributed by atoms with Gasteiger partial charge in [-0.3, -0.25) is 20.4 Å². The molecule has 0 saturated heterocycles. The second-order valence-corrected chi connectivity index (χ2v) is 3.58. The van der Waals surface area contributed by atoms with Crippen LogP contribution in [-0.4, -0.2) is 24.4 Å². The van der Waals surface area contributed by atoms with Gasteiger partial charge in [-0.15, -0.1) is 0 Å². The SMILES string of the molecule is CCOC(=O)C(=O)NNC(=O)c1cccc(Cl)c1. The minimum absolute atomic E-state index is 0.0779. The third-order valence-corrected chi connectivity index (χ3v) is 2.07. The van der Waals surface area contributed by atoms with Crippen molar-refractivity contribution in [3.8, 4) is 0 Å². The number of benzene rings is 1. The fourth-order valence-electron chi connectivity index (χ4n) is 1.06. The number of nitrogens with one attached hydrogen (secondary N) is 2. The van der Waals surface area contributed by atoms with Crippen molar-refractivity contribution in [2.75, 3.05) is 6.61 Å². The van der Waals surface area contributed by atoms with Crippen molar-refractivity contribution in [3.05, 3.63) is 34.9 Å².